The number of rotatable bonds is 7. The minimum absolute atomic E-state index is 0.00696. The lowest BCUT2D eigenvalue weighted by Crippen LogP contribution is -2.48. The van der Waals surface area contributed by atoms with E-state index in [0.717, 1.165) is 38.6 Å². The molecule has 1 aliphatic rings. The van der Waals surface area contributed by atoms with Crippen LogP contribution in [0.5, 0.6) is 0 Å². The number of nitrogens with zero attached hydrogens (tertiary/aromatic N) is 1. The molecule has 1 aromatic carbocycles. The lowest BCUT2D eigenvalue weighted by molar-refractivity contribution is -0.138. The quantitative estimate of drug-likeness (QED) is 0.841. The summed E-state index contributed by atoms with van der Waals surface area (Å²) in [5.41, 5.74) is 1.29. The highest BCUT2D eigenvalue weighted by molar-refractivity contribution is 5.88. The van der Waals surface area contributed by atoms with Crippen LogP contribution in [0.2, 0.25) is 0 Å². The highest BCUT2D eigenvalue weighted by Crippen LogP contribution is 2.19. The molecule has 4 nitrogen and oxygen atoms in total. The highest BCUT2D eigenvalue weighted by Gasteiger charge is 2.33. The molecule has 0 aliphatic carbocycles. The third-order valence-electron chi connectivity index (χ3n) is 4.44. The van der Waals surface area contributed by atoms with Crippen molar-refractivity contribution in [2.45, 2.75) is 64.5 Å². The van der Waals surface area contributed by atoms with E-state index in [4.69, 9.17) is 0 Å². The molecule has 1 fully saturated rings. The number of amides is 2. The number of carbonyl (C=O) groups excluding carboxylic acids is 2. The largest absolute Gasteiger partial charge is 0.352 e. The van der Waals surface area contributed by atoms with Gasteiger partial charge in [0.2, 0.25) is 11.8 Å². The van der Waals surface area contributed by atoms with Gasteiger partial charge in [0.25, 0.3) is 0 Å². The van der Waals surface area contributed by atoms with E-state index in [1.54, 1.807) is 4.90 Å². The van der Waals surface area contributed by atoms with E-state index < -0.39 is 0 Å². The molecule has 0 saturated carbocycles. The van der Waals surface area contributed by atoms with Crippen LogP contribution in [0.25, 0.3) is 0 Å². The first-order valence-corrected chi connectivity index (χ1v) is 8.75. The summed E-state index contributed by atoms with van der Waals surface area (Å²) < 4.78 is 0. The molecule has 1 aromatic rings. The second-order valence-electron chi connectivity index (χ2n) is 6.43. The second kappa shape index (κ2) is 8.70. The molecule has 2 amide bonds. The van der Waals surface area contributed by atoms with Gasteiger partial charge in [-0.05, 0) is 44.6 Å². The van der Waals surface area contributed by atoms with E-state index in [2.05, 4.69) is 17.4 Å². The monoisotopic (exact) mass is 316 g/mol. The molecule has 126 valence electrons. The first-order chi connectivity index (χ1) is 11.1. The Morgan fingerprint density at radius 1 is 1.30 bits per heavy atom. The standard InChI is InChI=1S/C19H28N2O2/c1-3-8-18(22)21-14-7-11-17(21)19(23)20-15(2)12-13-16-9-5-4-6-10-16/h4-6,9-10,15,17H,3,7-8,11-14H2,1-2H3,(H,20,23). The average molecular weight is 316 g/mol. The van der Waals surface area contributed by atoms with Gasteiger partial charge >= 0.3 is 0 Å². The summed E-state index contributed by atoms with van der Waals surface area (Å²) in [6.07, 6.45) is 4.93. The minimum Gasteiger partial charge on any atom is -0.352 e. The Balaban J connectivity index is 1.81. The van der Waals surface area contributed by atoms with Gasteiger partial charge in [-0.3, -0.25) is 9.59 Å². The molecule has 0 spiro atoms. The van der Waals surface area contributed by atoms with Gasteiger partial charge in [0.1, 0.15) is 6.04 Å². The fraction of sp³-hybridized carbons (Fsp3) is 0.579. The fourth-order valence-electron chi connectivity index (χ4n) is 3.13. The molecule has 2 unspecified atom stereocenters. The van der Waals surface area contributed by atoms with Crippen LogP contribution >= 0.6 is 0 Å². The molecule has 2 rings (SSSR count). The predicted molar refractivity (Wildman–Crippen MR) is 92.0 cm³/mol. The first-order valence-electron chi connectivity index (χ1n) is 8.75. The number of carbonyl (C=O) groups is 2. The maximum Gasteiger partial charge on any atom is 0.243 e. The minimum atomic E-state index is -0.270. The van der Waals surface area contributed by atoms with Gasteiger partial charge in [-0.2, -0.15) is 0 Å². The summed E-state index contributed by atoms with van der Waals surface area (Å²) in [7, 11) is 0. The van der Waals surface area contributed by atoms with Crippen molar-refractivity contribution in [3.8, 4) is 0 Å². The lowest BCUT2D eigenvalue weighted by Gasteiger charge is -2.25. The number of benzene rings is 1. The molecule has 2 atom stereocenters. The van der Waals surface area contributed by atoms with E-state index in [9.17, 15) is 9.59 Å². The average Bonchev–Trinajstić information content (AvgIpc) is 3.04. The first kappa shape index (κ1) is 17.5. The molecule has 1 heterocycles. The second-order valence-corrected chi connectivity index (χ2v) is 6.43. The zero-order valence-electron chi connectivity index (χ0n) is 14.3. The van der Waals surface area contributed by atoms with Gasteiger partial charge in [-0.15, -0.1) is 0 Å². The van der Waals surface area contributed by atoms with Crippen molar-refractivity contribution in [2.24, 2.45) is 0 Å². The van der Waals surface area contributed by atoms with Crippen LogP contribution in [0.4, 0.5) is 0 Å². The Morgan fingerprint density at radius 2 is 2.04 bits per heavy atom. The summed E-state index contributed by atoms with van der Waals surface area (Å²) in [6.45, 7) is 4.75. The molecule has 0 bridgehead atoms. The molecule has 23 heavy (non-hydrogen) atoms. The van der Waals surface area contributed by atoms with Gasteiger partial charge < -0.3 is 10.2 Å². The maximum atomic E-state index is 12.5. The van der Waals surface area contributed by atoms with E-state index in [1.165, 1.54) is 5.56 Å². The van der Waals surface area contributed by atoms with Crippen LogP contribution in [0.1, 0.15) is 51.5 Å². The van der Waals surface area contributed by atoms with Gasteiger partial charge in [0, 0.05) is 19.0 Å². The number of hydrogen-bond donors (Lipinski definition) is 1. The van der Waals surface area contributed by atoms with Gasteiger partial charge in [0.05, 0.1) is 0 Å². The summed E-state index contributed by atoms with van der Waals surface area (Å²) in [5.74, 6) is 0.120. The van der Waals surface area contributed by atoms with Crippen LogP contribution in [0.15, 0.2) is 30.3 Å². The van der Waals surface area contributed by atoms with E-state index in [-0.39, 0.29) is 23.9 Å². The third kappa shape index (κ3) is 5.08. The molecular formula is C19H28N2O2. The summed E-state index contributed by atoms with van der Waals surface area (Å²) >= 11 is 0. The van der Waals surface area contributed by atoms with Crippen LogP contribution in [-0.4, -0.2) is 35.3 Å². The number of hydrogen-bond acceptors (Lipinski definition) is 2. The molecule has 1 aliphatic heterocycles. The van der Waals surface area contributed by atoms with E-state index >= 15 is 0 Å². The summed E-state index contributed by atoms with van der Waals surface area (Å²) in [4.78, 5) is 26.4. The molecule has 0 aromatic heterocycles. The summed E-state index contributed by atoms with van der Waals surface area (Å²) in [5, 5.41) is 3.09. The maximum absolute atomic E-state index is 12.5. The van der Waals surface area contributed by atoms with Crippen LogP contribution in [-0.2, 0) is 16.0 Å². The van der Waals surface area contributed by atoms with E-state index in [0.29, 0.717) is 6.42 Å². The Hall–Kier alpha value is -1.84. The SMILES string of the molecule is CCCC(=O)N1CCCC1C(=O)NC(C)CCc1ccccc1. The van der Waals surface area contributed by atoms with Gasteiger partial charge in [-0.1, -0.05) is 37.3 Å². The Morgan fingerprint density at radius 3 is 2.74 bits per heavy atom. The normalized spacial score (nSPS) is 18.7. The van der Waals surface area contributed by atoms with Crippen molar-refractivity contribution in [1.29, 1.82) is 0 Å². The highest BCUT2D eigenvalue weighted by atomic mass is 16.2. The Labute approximate surface area is 139 Å². The molecule has 0 radical (unpaired) electrons. The predicted octanol–water partition coefficient (Wildman–Crippen LogP) is 2.92. The summed E-state index contributed by atoms with van der Waals surface area (Å²) in [6, 6.07) is 10.1. The number of nitrogens with one attached hydrogen (secondary N) is 1. The van der Waals surface area contributed by atoms with Crippen LogP contribution in [0.3, 0.4) is 0 Å². The zero-order chi connectivity index (χ0) is 16.7. The van der Waals surface area contributed by atoms with Crippen LogP contribution in [0, 0.1) is 0 Å². The van der Waals surface area contributed by atoms with Crippen molar-refractivity contribution in [3.63, 3.8) is 0 Å². The van der Waals surface area contributed by atoms with E-state index in [1.807, 2.05) is 32.0 Å². The van der Waals surface area contributed by atoms with Crippen molar-refractivity contribution in [3.05, 3.63) is 35.9 Å². The van der Waals surface area contributed by atoms with Crippen molar-refractivity contribution in [2.75, 3.05) is 6.54 Å². The Kier molecular flexibility index (Phi) is 6.63. The van der Waals surface area contributed by atoms with Gasteiger partial charge in [-0.25, -0.2) is 0 Å². The lowest BCUT2D eigenvalue weighted by atomic mass is 10.1. The number of aryl methyl sites for hydroxylation is 1. The number of likely N-dealkylation sites (tertiary alicyclic amines) is 1. The van der Waals surface area contributed by atoms with Crippen molar-refractivity contribution < 1.29 is 9.59 Å². The molecule has 1 N–H and O–H groups in total. The molecule has 1 saturated heterocycles. The van der Waals surface area contributed by atoms with Crippen molar-refractivity contribution >= 4 is 11.8 Å². The molecule has 4 heteroatoms. The molecular weight excluding hydrogens is 288 g/mol. The Bertz CT molecular complexity index is 515. The third-order valence-corrected chi connectivity index (χ3v) is 4.44. The van der Waals surface area contributed by atoms with Crippen molar-refractivity contribution in [1.82, 2.24) is 10.2 Å². The van der Waals surface area contributed by atoms with Gasteiger partial charge in [0.15, 0.2) is 0 Å². The van der Waals surface area contributed by atoms with Crippen LogP contribution < -0.4 is 5.32 Å². The fourth-order valence-corrected chi connectivity index (χ4v) is 3.13. The zero-order valence-corrected chi connectivity index (χ0v) is 14.3. The smallest absolute Gasteiger partial charge is 0.243 e. The topological polar surface area (TPSA) is 49.4 Å².